The maximum absolute atomic E-state index is 12.7. The minimum atomic E-state index is -4.62. The maximum Gasteiger partial charge on any atom is 0.416 e. The summed E-state index contributed by atoms with van der Waals surface area (Å²) in [6.45, 7) is -0.453. The Labute approximate surface area is 178 Å². The highest BCUT2D eigenvalue weighted by Crippen LogP contribution is 2.32. The first-order valence-electron chi connectivity index (χ1n) is 7.86. The molecule has 0 saturated carbocycles. The molecule has 8 nitrogen and oxygen atoms in total. The second-order valence-corrected chi connectivity index (χ2v) is 8.05. The molecule has 0 radical (unpaired) electrons. The number of nitro groups is 1. The molecule has 1 aromatic heterocycles. The van der Waals surface area contributed by atoms with Gasteiger partial charge in [-0.25, -0.2) is 18.1 Å². The fourth-order valence-corrected chi connectivity index (χ4v) is 3.74. The summed E-state index contributed by atoms with van der Waals surface area (Å²) in [6.07, 6.45) is -1.97. The third kappa shape index (κ3) is 6.55. The van der Waals surface area contributed by atoms with Crippen LogP contribution in [0, 0.1) is 10.1 Å². The van der Waals surface area contributed by atoms with Gasteiger partial charge in [0.25, 0.3) is 5.69 Å². The Hall–Kier alpha value is -2.41. The molecular weight excluding hydrogens is 474 g/mol. The van der Waals surface area contributed by atoms with Gasteiger partial charge in [0.1, 0.15) is 16.7 Å². The molecule has 0 unspecified atom stereocenters. The number of hydrogen-bond acceptors (Lipinski definition) is 6. The average Bonchev–Trinajstić information content (AvgIpc) is 2.63. The van der Waals surface area contributed by atoms with Crippen molar-refractivity contribution in [2.75, 3.05) is 13.2 Å². The quantitative estimate of drug-likeness (QED) is 0.259. The third-order valence-corrected chi connectivity index (χ3v) is 5.50. The number of benzene rings is 1. The van der Waals surface area contributed by atoms with E-state index in [-0.39, 0.29) is 24.1 Å². The van der Waals surface area contributed by atoms with Crippen molar-refractivity contribution >= 4 is 38.9 Å². The Morgan fingerprint density at radius 2 is 1.90 bits per heavy atom. The minimum Gasteiger partial charge on any atom is -0.473 e. The molecule has 162 valence electrons. The molecule has 0 atom stereocenters. The van der Waals surface area contributed by atoms with Crippen LogP contribution in [0.25, 0.3) is 0 Å². The molecule has 0 fully saturated rings. The summed E-state index contributed by atoms with van der Waals surface area (Å²) in [7, 11) is -4.15. The number of nitro benzene ring substituents is 1. The van der Waals surface area contributed by atoms with E-state index >= 15 is 0 Å². The highest BCUT2D eigenvalue weighted by molar-refractivity contribution is 7.89. The van der Waals surface area contributed by atoms with Gasteiger partial charge in [0.2, 0.25) is 15.9 Å². The first-order chi connectivity index (χ1) is 13.9. The summed E-state index contributed by atoms with van der Waals surface area (Å²) >= 11 is 11.3. The summed E-state index contributed by atoms with van der Waals surface area (Å²) in [5.41, 5.74) is -1.47. The number of halogens is 5. The molecule has 0 aliphatic heterocycles. The van der Waals surface area contributed by atoms with Crippen LogP contribution < -0.4 is 9.46 Å². The monoisotopic (exact) mass is 485 g/mol. The molecule has 1 N–H and O–H groups in total. The van der Waals surface area contributed by atoms with Gasteiger partial charge < -0.3 is 4.74 Å². The number of aromatic nitrogens is 1. The van der Waals surface area contributed by atoms with E-state index in [2.05, 4.69) is 9.71 Å². The molecular formula is C16H12Cl2F3N3O5S. The van der Waals surface area contributed by atoms with Crippen molar-refractivity contribution in [1.82, 2.24) is 9.71 Å². The molecule has 2 rings (SSSR count). The number of rotatable bonds is 8. The van der Waals surface area contributed by atoms with Gasteiger partial charge in [-0.2, -0.15) is 13.2 Å². The smallest absolute Gasteiger partial charge is 0.416 e. The van der Waals surface area contributed by atoms with Crippen LogP contribution in [-0.2, 0) is 16.2 Å². The largest absolute Gasteiger partial charge is 0.473 e. The van der Waals surface area contributed by atoms with Crippen molar-refractivity contribution in [1.29, 1.82) is 0 Å². The molecule has 0 aliphatic carbocycles. The van der Waals surface area contributed by atoms with Gasteiger partial charge >= 0.3 is 6.18 Å². The number of sulfonamides is 1. The second-order valence-electron chi connectivity index (χ2n) is 5.52. The Morgan fingerprint density at radius 3 is 2.53 bits per heavy atom. The zero-order valence-electron chi connectivity index (χ0n) is 14.7. The lowest BCUT2D eigenvalue weighted by atomic mass is 10.2. The molecule has 1 heterocycles. The van der Waals surface area contributed by atoms with Gasteiger partial charge in [-0.05, 0) is 18.2 Å². The molecule has 30 heavy (non-hydrogen) atoms. The van der Waals surface area contributed by atoms with Crippen LogP contribution in [0.5, 0.6) is 5.88 Å². The lowest BCUT2D eigenvalue weighted by Crippen LogP contribution is -2.24. The number of hydrogen-bond donors (Lipinski definition) is 1. The Morgan fingerprint density at radius 1 is 1.20 bits per heavy atom. The van der Waals surface area contributed by atoms with Gasteiger partial charge in [0.05, 0.1) is 15.5 Å². The van der Waals surface area contributed by atoms with Crippen LogP contribution in [0.3, 0.4) is 0 Å². The van der Waals surface area contributed by atoms with Gasteiger partial charge in [0.15, 0.2) is 0 Å². The number of pyridine rings is 1. The molecule has 1 aromatic carbocycles. The molecule has 0 amide bonds. The highest BCUT2D eigenvalue weighted by Gasteiger charge is 2.31. The minimum absolute atomic E-state index is 0.201. The van der Waals surface area contributed by atoms with Crippen LogP contribution in [0.2, 0.25) is 10.2 Å². The van der Waals surface area contributed by atoms with Crippen molar-refractivity contribution in [3.05, 3.63) is 68.3 Å². The normalized spacial score (nSPS) is 12.3. The second kappa shape index (κ2) is 9.60. The lowest BCUT2D eigenvalue weighted by Gasteiger charge is -2.09. The molecule has 2 aromatic rings. The lowest BCUT2D eigenvalue weighted by molar-refractivity contribution is -0.385. The van der Waals surface area contributed by atoms with E-state index in [9.17, 15) is 31.7 Å². The van der Waals surface area contributed by atoms with E-state index in [4.69, 9.17) is 27.9 Å². The first-order valence-corrected chi connectivity index (χ1v) is 10.1. The fourth-order valence-electron chi connectivity index (χ4n) is 2.04. The Bertz CT molecular complexity index is 1080. The summed E-state index contributed by atoms with van der Waals surface area (Å²) in [4.78, 5) is 13.2. The van der Waals surface area contributed by atoms with Crippen LogP contribution in [0.15, 0.2) is 47.4 Å². The Balaban J connectivity index is 1.95. The summed E-state index contributed by atoms with van der Waals surface area (Å²) in [5.74, 6) is -0.358. The topological polar surface area (TPSA) is 111 Å². The van der Waals surface area contributed by atoms with Crippen LogP contribution in [0.1, 0.15) is 5.56 Å². The van der Waals surface area contributed by atoms with Crippen LogP contribution in [0.4, 0.5) is 18.9 Å². The number of alkyl halides is 3. The molecule has 0 saturated heterocycles. The standard InChI is InChI=1S/C16H12Cl2F3N3O5S/c17-12-4-3-11(24(25)26)9-13(12)30(27,28)22-5-1-2-6-29-15-8-10(16(19,20)21)7-14(18)23-15/h1-4,7-9,22H,5-6H2/b2-1+. The summed E-state index contributed by atoms with van der Waals surface area (Å²) in [5, 5.41) is 10.2. The van der Waals surface area contributed by atoms with E-state index in [0.29, 0.717) is 12.1 Å². The number of nitrogens with zero attached hydrogens (tertiary/aromatic N) is 2. The van der Waals surface area contributed by atoms with Gasteiger partial charge in [0, 0.05) is 24.7 Å². The predicted molar refractivity (Wildman–Crippen MR) is 102 cm³/mol. The zero-order chi connectivity index (χ0) is 22.5. The van der Waals surface area contributed by atoms with E-state index < -0.39 is 42.4 Å². The Kier molecular flexibility index (Phi) is 7.64. The van der Waals surface area contributed by atoms with Crippen LogP contribution >= 0.6 is 23.2 Å². The molecule has 0 bridgehead atoms. The first kappa shape index (κ1) is 23.9. The van der Waals surface area contributed by atoms with Crippen molar-refractivity contribution in [2.45, 2.75) is 11.1 Å². The SMILES string of the molecule is O=[N+]([O-])c1ccc(Cl)c(S(=O)(=O)NC/C=C/COc2cc(C(F)(F)F)cc(Cl)n2)c1. The van der Waals surface area contributed by atoms with E-state index in [1.54, 1.807) is 0 Å². The van der Waals surface area contributed by atoms with Gasteiger partial charge in [-0.15, -0.1) is 0 Å². The van der Waals surface area contributed by atoms with Gasteiger partial charge in [-0.1, -0.05) is 29.3 Å². The van der Waals surface area contributed by atoms with E-state index in [0.717, 1.165) is 18.2 Å². The van der Waals surface area contributed by atoms with Crippen LogP contribution in [-0.4, -0.2) is 31.5 Å². The fraction of sp³-hybridized carbons (Fsp3) is 0.188. The van der Waals surface area contributed by atoms with E-state index in [1.165, 1.54) is 12.2 Å². The maximum atomic E-state index is 12.7. The molecule has 0 spiro atoms. The number of non-ortho nitro benzene ring substituents is 1. The molecule has 0 aliphatic rings. The molecule has 14 heteroatoms. The van der Waals surface area contributed by atoms with Crippen molar-refractivity contribution in [3.63, 3.8) is 0 Å². The highest BCUT2D eigenvalue weighted by atomic mass is 35.5. The van der Waals surface area contributed by atoms with E-state index in [1.807, 2.05) is 0 Å². The predicted octanol–water partition coefficient (Wildman–Crippen LogP) is 4.23. The number of ether oxygens (including phenoxy) is 1. The van der Waals surface area contributed by atoms with Crippen molar-refractivity contribution in [3.8, 4) is 5.88 Å². The number of nitrogens with one attached hydrogen (secondary N) is 1. The summed E-state index contributed by atoms with van der Waals surface area (Å²) < 4.78 is 69.8. The van der Waals surface area contributed by atoms with Crippen molar-refractivity contribution < 1.29 is 31.2 Å². The van der Waals surface area contributed by atoms with Crippen molar-refractivity contribution in [2.24, 2.45) is 0 Å². The third-order valence-electron chi connectivity index (χ3n) is 3.40. The van der Waals surface area contributed by atoms with Gasteiger partial charge in [-0.3, -0.25) is 10.1 Å². The zero-order valence-corrected chi connectivity index (χ0v) is 17.0. The summed E-state index contributed by atoms with van der Waals surface area (Å²) in [6, 6.07) is 4.29. The average molecular weight is 486 g/mol.